The predicted octanol–water partition coefficient (Wildman–Crippen LogP) is -0.0128. The number of carboxylic acid groups (broad SMARTS) is 1. The van der Waals surface area contributed by atoms with E-state index >= 15 is 0 Å². The summed E-state index contributed by atoms with van der Waals surface area (Å²) in [6, 6.07) is -0.389. The van der Waals surface area contributed by atoms with Crippen molar-refractivity contribution in [2.24, 2.45) is 0 Å². The van der Waals surface area contributed by atoms with Gasteiger partial charge in [-0.05, 0) is 19.9 Å². The van der Waals surface area contributed by atoms with Crippen molar-refractivity contribution in [2.75, 3.05) is 0 Å². The average Bonchev–Trinajstić information content (AvgIpc) is 2.81. The largest absolute Gasteiger partial charge is 0.480 e. The fraction of sp³-hybridized carbons (Fsp3) is 0.364. The van der Waals surface area contributed by atoms with Gasteiger partial charge in [-0.1, -0.05) is 0 Å². The summed E-state index contributed by atoms with van der Waals surface area (Å²) >= 11 is 0. The summed E-state index contributed by atoms with van der Waals surface area (Å²) in [6.07, 6.45) is 2.59. The van der Waals surface area contributed by atoms with Crippen LogP contribution in [0.3, 0.4) is 0 Å². The number of hydrogen-bond donors (Lipinski definition) is 3. The molecule has 2 amide bonds. The Bertz CT molecular complexity index is 440. The van der Waals surface area contributed by atoms with E-state index in [4.69, 9.17) is 9.52 Å². The lowest BCUT2D eigenvalue weighted by atomic mass is 10.2. The maximum atomic E-state index is 11.6. The Balaban J connectivity index is 2.50. The summed E-state index contributed by atoms with van der Waals surface area (Å²) in [5.74, 6) is -2.17. The van der Waals surface area contributed by atoms with E-state index in [2.05, 4.69) is 10.6 Å². The van der Waals surface area contributed by atoms with E-state index in [1.807, 2.05) is 0 Å². The molecular weight excluding hydrogens is 240 g/mol. The van der Waals surface area contributed by atoms with E-state index in [9.17, 15) is 14.4 Å². The molecule has 18 heavy (non-hydrogen) atoms. The van der Waals surface area contributed by atoms with Crippen LogP contribution in [0.4, 0.5) is 0 Å². The topological polar surface area (TPSA) is 109 Å². The summed E-state index contributed by atoms with van der Waals surface area (Å²) in [7, 11) is 0. The second kappa shape index (κ2) is 5.85. The van der Waals surface area contributed by atoms with Crippen LogP contribution in [-0.2, 0) is 9.59 Å². The lowest BCUT2D eigenvalue weighted by molar-refractivity contribution is -0.141. The molecule has 0 bridgehead atoms. The van der Waals surface area contributed by atoms with Gasteiger partial charge in [0.15, 0.2) is 0 Å². The molecule has 0 aromatic carbocycles. The molecule has 0 aliphatic heterocycles. The van der Waals surface area contributed by atoms with Crippen LogP contribution in [0.15, 0.2) is 23.0 Å². The number of furan rings is 1. The maximum absolute atomic E-state index is 11.6. The zero-order valence-corrected chi connectivity index (χ0v) is 9.97. The van der Waals surface area contributed by atoms with Crippen molar-refractivity contribution in [2.45, 2.75) is 25.9 Å². The van der Waals surface area contributed by atoms with Gasteiger partial charge >= 0.3 is 5.97 Å². The van der Waals surface area contributed by atoms with E-state index in [0.717, 1.165) is 0 Å². The summed E-state index contributed by atoms with van der Waals surface area (Å²) in [4.78, 5) is 33.7. The van der Waals surface area contributed by atoms with E-state index < -0.39 is 29.9 Å². The first-order valence-electron chi connectivity index (χ1n) is 5.28. The molecule has 1 aromatic heterocycles. The first-order valence-corrected chi connectivity index (χ1v) is 5.28. The molecular formula is C11H14N2O5. The molecule has 0 aliphatic carbocycles. The molecule has 1 heterocycles. The highest BCUT2D eigenvalue weighted by atomic mass is 16.4. The van der Waals surface area contributed by atoms with Crippen LogP contribution >= 0.6 is 0 Å². The first-order chi connectivity index (χ1) is 8.41. The van der Waals surface area contributed by atoms with Gasteiger partial charge in [0.05, 0.1) is 11.8 Å². The molecule has 0 fully saturated rings. The van der Waals surface area contributed by atoms with Gasteiger partial charge in [0.25, 0.3) is 5.91 Å². The van der Waals surface area contributed by atoms with E-state index in [1.165, 1.54) is 32.4 Å². The van der Waals surface area contributed by atoms with E-state index in [0.29, 0.717) is 5.56 Å². The summed E-state index contributed by atoms with van der Waals surface area (Å²) in [6.45, 7) is 2.80. The molecule has 2 atom stereocenters. The molecule has 7 nitrogen and oxygen atoms in total. The van der Waals surface area contributed by atoms with Crippen molar-refractivity contribution in [3.05, 3.63) is 24.2 Å². The summed E-state index contributed by atoms with van der Waals surface area (Å²) in [5, 5.41) is 13.3. The van der Waals surface area contributed by atoms with Crippen LogP contribution in [0.25, 0.3) is 0 Å². The van der Waals surface area contributed by atoms with Crippen molar-refractivity contribution in [1.29, 1.82) is 0 Å². The minimum atomic E-state index is -1.14. The predicted molar refractivity (Wildman–Crippen MR) is 60.9 cm³/mol. The fourth-order valence-corrected chi connectivity index (χ4v) is 1.14. The molecule has 0 aliphatic rings. The fourth-order valence-electron chi connectivity index (χ4n) is 1.14. The van der Waals surface area contributed by atoms with E-state index in [1.54, 1.807) is 0 Å². The molecule has 1 aromatic rings. The van der Waals surface area contributed by atoms with Crippen LogP contribution in [-0.4, -0.2) is 35.0 Å². The van der Waals surface area contributed by atoms with Gasteiger partial charge in [0, 0.05) is 0 Å². The number of rotatable bonds is 5. The van der Waals surface area contributed by atoms with Crippen molar-refractivity contribution >= 4 is 17.8 Å². The Morgan fingerprint density at radius 3 is 2.39 bits per heavy atom. The molecule has 1 unspecified atom stereocenters. The SMILES string of the molecule is CC(NC(=O)c1ccoc1)C(=O)N[C@H](C)C(=O)O. The minimum absolute atomic E-state index is 0.293. The second-order valence-corrected chi connectivity index (χ2v) is 3.78. The zero-order valence-electron chi connectivity index (χ0n) is 9.97. The monoisotopic (exact) mass is 254 g/mol. The van der Waals surface area contributed by atoms with Gasteiger partial charge in [0.2, 0.25) is 5.91 Å². The second-order valence-electron chi connectivity index (χ2n) is 3.78. The molecule has 0 saturated heterocycles. The average molecular weight is 254 g/mol. The highest BCUT2D eigenvalue weighted by Crippen LogP contribution is 2.00. The van der Waals surface area contributed by atoms with Crippen LogP contribution < -0.4 is 10.6 Å². The number of carbonyl (C=O) groups excluding carboxylic acids is 2. The van der Waals surface area contributed by atoms with Crippen molar-refractivity contribution in [3.8, 4) is 0 Å². The smallest absolute Gasteiger partial charge is 0.325 e. The van der Waals surface area contributed by atoms with Crippen molar-refractivity contribution in [3.63, 3.8) is 0 Å². The van der Waals surface area contributed by atoms with Gasteiger partial charge in [-0.25, -0.2) is 0 Å². The van der Waals surface area contributed by atoms with Gasteiger partial charge in [-0.3, -0.25) is 14.4 Å². The lowest BCUT2D eigenvalue weighted by Crippen LogP contribution is -2.49. The first kappa shape index (κ1) is 13.8. The molecule has 0 radical (unpaired) electrons. The highest BCUT2D eigenvalue weighted by molar-refractivity contribution is 5.97. The van der Waals surface area contributed by atoms with Gasteiger partial charge < -0.3 is 20.2 Å². The lowest BCUT2D eigenvalue weighted by Gasteiger charge is -2.15. The number of nitrogens with one attached hydrogen (secondary N) is 2. The molecule has 3 N–H and O–H groups in total. The maximum Gasteiger partial charge on any atom is 0.325 e. The Kier molecular flexibility index (Phi) is 4.47. The zero-order chi connectivity index (χ0) is 13.7. The van der Waals surface area contributed by atoms with Crippen LogP contribution in [0.5, 0.6) is 0 Å². The Morgan fingerprint density at radius 1 is 1.22 bits per heavy atom. The highest BCUT2D eigenvalue weighted by Gasteiger charge is 2.21. The Hall–Kier alpha value is -2.31. The van der Waals surface area contributed by atoms with Gasteiger partial charge in [-0.2, -0.15) is 0 Å². The molecule has 7 heteroatoms. The minimum Gasteiger partial charge on any atom is -0.480 e. The third kappa shape index (κ3) is 3.62. The number of hydrogen-bond acceptors (Lipinski definition) is 4. The summed E-state index contributed by atoms with van der Waals surface area (Å²) < 4.78 is 4.73. The number of amides is 2. The molecule has 1 rings (SSSR count). The molecule has 98 valence electrons. The molecule has 0 spiro atoms. The number of carboxylic acids is 1. The standard InChI is InChI=1S/C11H14N2O5/c1-6(9(14)13-7(2)11(16)17)12-10(15)8-3-4-18-5-8/h3-7H,1-2H3,(H,12,15)(H,13,14)(H,16,17)/t6?,7-/m1/s1. The summed E-state index contributed by atoms with van der Waals surface area (Å²) in [5.41, 5.74) is 0.293. The number of carbonyl (C=O) groups is 3. The van der Waals surface area contributed by atoms with Crippen molar-refractivity contribution < 1.29 is 23.9 Å². The van der Waals surface area contributed by atoms with Gasteiger partial charge in [-0.15, -0.1) is 0 Å². The van der Waals surface area contributed by atoms with E-state index in [-0.39, 0.29) is 0 Å². The molecule has 0 saturated carbocycles. The third-order valence-electron chi connectivity index (χ3n) is 2.25. The van der Waals surface area contributed by atoms with Crippen molar-refractivity contribution in [1.82, 2.24) is 10.6 Å². The van der Waals surface area contributed by atoms with Crippen LogP contribution in [0.2, 0.25) is 0 Å². The Labute approximate surface area is 103 Å². The van der Waals surface area contributed by atoms with Gasteiger partial charge in [0.1, 0.15) is 18.3 Å². The van der Waals surface area contributed by atoms with Crippen LogP contribution in [0, 0.1) is 0 Å². The third-order valence-corrected chi connectivity index (χ3v) is 2.25. The Morgan fingerprint density at radius 2 is 1.89 bits per heavy atom. The van der Waals surface area contributed by atoms with Crippen LogP contribution in [0.1, 0.15) is 24.2 Å². The normalized spacial score (nSPS) is 13.4. The number of aliphatic carboxylic acids is 1. The quantitative estimate of drug-likeness (QED) is 0.684.